The van der Waals surface area contributed by atoms with Gasteiger partial charge in [0.2, 0.25) is 0 Å². The lowest BCUT2D eigenvalue weighted by atomic mass is 10.2. The third kappa shape index (κ3) is 2.73. The summed E-state index contributed by atoms with van der Waals surface area (Å²) in [6.07, 6.45) is 0. The quantitative estimate of drug-likeness (QED) is 0.769. The van der Waals surface area contributed by atoms with E-state index in [9.17, 15) is 18.0 Å². The fraction of sp³-hybridized carbons (Fsp3) is 0.300. The molecule has 0 radical (unpaired) electrons. The van der Waals surface area contributed by atoms with Crippen molar-refractivity contribution < 1.29 is 18.0 Å². The summed E-state index contributed by atoms with van der Waals surface area (Å²) >= 11 is 0. The molecule has 3 N–H and O–H groups in total. The number of nitrogens with two attached hydrogens (primary N) is 1. The predicted octanol–water partition coefficient (Wildman–Crippen LogP) is 1.18. The SMILES string of the molecule is C[C@@H](CN)NC(=O)c1cc(F)c(F)c(F)c1. The first-order valence-electron chi connectivity index (χ1n) is 4.61. The maximum absolute atomic E-state index is 12.8. The Kier molecular flexibility index (Phi) is 3.89. The first kappa shape index (κ1) is 12.5. The average molecular weight is 232 g/mol. The van der Waals surface area contributed by atoms with Crippen molar-refractivity contribution in [2.24, 2.45) is 5.73 Å². The maximum atomic E-state index is 12.8. The molecule has 0 fully saturated rings. The highest BCUT2D eigenvalue weighted by Crippen LogP contribution is 2.13. The number of benzene rings is 1. The second-order valence-corrected chi connectivity index (χ2v) is 3.36. The van der Waals surface area contributed by atoms with Crippen LogP contribution in [0.1, 0.15) is 17.3 Å². The number of amides is 1. The minimum absolute atomic E-state index is 0.192. The molecule has 0 saturated heterocycles. The van der Waals surface area contributed by atoms with Crippen LogP contribution in [-0.4, -0.2) is 18.5 Å². The number of carbonyl (C=O) groups is 1. The first-order chi connectivity index (χ1) is 7.45. The van der Waals surface area contributed by atoms with Gasteiger partial charge < -0.3 is 11.1 Å². The van der Waals surface area contributed by atoms with E-state index in [2.05, 4.69) is 5.32 Å². The van der Waals surface area contributed by atoms with Crippen LogP contribution in [-0.2, 0) is 0 Å². The average Bonchev–Trinajstić information content (AvgIpc) is 2.24. The number of hydrogen-bond acceptors (Lipinski definition) is 2. The van der Waals surface area contributed by atoms with E-state index in [1.54, 1.807) is 6.92 Å². The summed E-state index contributed by atoms with van der Waals surface area (Å²) in [6, 6.07) is 0.942. The van der Waals surface area contributed by atoms with Crippen molar-refractivity contribution >= 4 is 5.91 Å². The molecule has 1 aromatic rings. The minimum atomic E-state index is -1.59. The van der Waals surface area contributed by atoms with Crippen LogP contribution in [0.4, 0.5) is 13.2 Å². The standard InChI is InChI=1S/C10H11F3N2O/c1-5(4-14)15-10(16)6-2-7(11)9(13)8(12)3-6/h2-3,5H,4,14H2,1H3,(H,15,16)/t5-/m0/s1. The van der Waals surface area contributed by atoms with Crippen LogP contribution in [0.25, 0.3) is 0 Å². The molecule has 1 atom stereocenters. The molecule has 1 rings (SSSR count). The van der Waals surface area contributed by atoms with Crippen LogP contribution in [0.5, 0.6) is 0 Å². The monoisotopic (exact) mass is 232 g/mol. The highest BCUT2D eigenvalue weighted by atomic mass is 19.2. The van der Waals surface area contributed by atoms with Gasteiger partial charge in [-0.05, 0) is 19.1 Å². The fourth-order valence-electron chi connectivity index (χ4n) is 1.05. The Labute approximate surface area is 90.4 Å². The van der Waals surface area contributed by atoms with Gasteiger partial charge in [0.25, 0.3) is 5.91 Å². The highest BCUT2D eigenvalue weighted by Gasteiger charge is 2.15. The summed E-state index contributed by atoms with van der Waals surface area (Å²) in [5.74, 6) is -5.09. The summed E-state index contributed by atoms with van der Waals surface area (Å²) in [4.78, 5) is 11.4. The van der Waals surface area contributed by atoms with E-state index in [0.717, 1.165) is 0 Å². The molecule has 16 heavy (non-hydrogen) atoms. The lowest BCUT2D eigenvalue weighted by Crippen LogP contribution is -2.37. The first-order valence-corrected chi connectivity index (χ1v) is 4.61. The zero-order valence-electron chi connectivity index (χ0n) is 8.56. The van der Waals surface area contributed by atoms with E-state index >= 15 is 0 Å². The molecule has 1 amide bonds. The zero-order valence-corrected chi connectivity index (χ0v) is 8.56. The molecule has 0 aliphatic heterocycles. The smallest absolute Gasteiger partial charge is 0.251 e. The van der Waals surface area contributed by atoms with Crippen molar-refractivity contribution in [1.29, 1.82) is 0 Å². The Bertz CT molecular complexity index is 386. The molecular formula is C10H11F3N2O. The van der Waals surface area contributed by atoms with Crippen molar-refractivity contribution in [2.75, 3.05) is 6.54 Å². The third-order valence-electron chi connectivity index (χ3n) is 1.98. The van der Waals surface area contributed by atoms with Crippen molar-refractivity contribution in [2.45, 2.75) is 13.0 Å². The van der Waals surface area contributed by atoms with E-state index in [-0.39, 0.29) is 18.2 Å². The van der Waals surface area contributed by atoms with Gasteiger partial charge >= 0.3 is 0 Å². The van der Waals surface area contributed by atoms with Crippen molar-refractivity contribution in [3.05, 3.63) is 35.1 Å². The normalized spacial score (nSPS) is 12.3. The molecular weight excluding hydrogens is 221 g/mol. The van der Waals surface area contributed by atoms with E-state index in [0.29, 0.717) is 12.1 Å². The van der Waals surface area contributed by atoms with Gasteiger partial charge in [-0.3, -0.25) is 4.79 Å². The summed E-state index contributed by atoms with van der Waals surface area (Å²) in [5, 5.41) is 2.40. The molecule has 88 valence electrons. The molecule has 0 aliphatic rings. The van der Waals surface area contributed by atoms with Gasteiger partial charge in [0.15, 0.2) is 17.5 Å². The Morgan fingerprint density at radius 3 is 2.31 bits per heavy atom. The van der Waals surface area contributed by atoms with Crippen molar-refractivity contribution in [3.63, 3.8) is 0 Å². The minimum Gasteiger partial charge on any atom is -0.348 e. The third-order valence-corrected chi connectivity index (χ3v) is 1.98. The zero-order chi connectivity index (χ0) is 12.3. The van der Waals surface area contributed by atoms with Crippen LogP contribution in [0, 0.1) is 17.5 Å². The molecule has 0 saturated carbocycles. The molecule has 6 heteroatoms. The summed E-state index contributed by atoms with van der Waals surface area (Å²) in [5.41, 5.74) is 4.98. The second-order valence-electron chi connectivity index (χ2n) is 3.36. The van der Waals surface area contributed by atoms with E-state index in [1.807, 2.05) is 0 Å². The summed E-state index contributed by atoms with van der Waals surface area (Å²) < 4.78 is 38.2. The Morgan fingerprint density at radius 1 is 1.38 bits per heavy atom. The summed E-state index contributed by atoms with van der Waals surface area (Å²) in [7, 11) is 0. The molecule has 0 aliphatic carbocycles. The van der Waals surface area contributed by atoms with Gasteiger partial charge in [-0.25, -0.2) is 13.2 Å². The molecule has 0 spiro atoms. The van der Waals surface area contributed by atoms with Gasteiger partial charge in [-0.1, -0.05) is 0 Å². The van der Waals surface area contributed by atoms with Crippen LogP contribution in [0.2, 0.25) is 0 Å². The summed E-state index contributed by atoms with van der Waals surface area (Å²) in [6.45, 7) is 1.83. The van der Waals surface area contributed by atoms with Gasteiger partial charge in [0.05, 0.1) is 0 Å². The lowest BCUT2D eigenvalue weighted by Gasteiger charge is -2.11. The van der Waals surface area contributed by atoms with Crippen LogP contribution >= 0.6 is 0 Å². The fourth-order valence-corrected chi connectivity index (χ4v) is 1.05. The highest BCUT2D eigenvalue weighted by molar-refractivity contribution is 5.94. The van der Waals surface area contributed by atoms with E-state index in [4.69, 9.17) is 5.73 Å². The molecule has 3 nitrogen and oxygen atoms in total. The van der Waals surface area contributed by atoms with Crippen LogP contribution in [0.15, 0.2) is 12.1 Å². The largest absolute Gasteiger partial charge is 0.348 e. The lowest BCUT2D eigenvalue weighted by molar-refractivity contribution is 0.0940. The molecule has 0 aromatic heterocycles. The second kappa shape index (κ2) is 4.98. The Balaban J connectivity index is 2.93. The number of hydrogen-bond donors (Lipinski definition) is 2. The van der Waals surface area contributed by atoms with Crippen molar-refractivity contribution in [3.8, 4) is 0 Å². The number of halogens is 3. The molecule has 0 bridgehead atoms. The van der Waals surface area contributed by atoms with Gasteiger partial charge in [-0.15, -0.1) is 0 Å². The van der Waals surface area contributed by atoms with E-state index in [1.165, 1.54) is 0 Å². The van der Waals surface area contributed by atoms with Gasteiger partial charge in [0.1, 0.15) is 0 Å². The Hall–Kier alpha value is -1.56. The van der Waals surface area contributed by atoms with Crippen molar-refractivity contribution in [1.82, 2.24) is 5.32 Å². The van der Waals surface area contributed by atoms with Gasteiger partial charge in [-0.2, -0.15) is 0 Å². The molecule has 1 aromatic carbocycles. The van der Waals surface area contributed by atoms with Gasteiger partial charge in [0, 0.05) is 18.2 Å². The maximum Gasteiger partial charge on any atom is 0.251 e. The number of carbonyl (C=O) groups excluding carboxylic acids is 1. The molecule has 0 unspecified atom stereocenters. The van der Waals surface area contributed by atoms with Crippen LogP contribution in [0.3, 0.4) is 0 Å². The molecule has 0 heterocycles. The topological polar surface area (TPSA) is 55.1 Å². The number of rotatable bonds is 3. The van der Waals surface area contributed by atoms with Crippen LogP contribution < -0.4 is 11.1 Å². The number of nitrogens with one attached hydrogen (secondary N) is 1. The Morgan fingerprint density at radius 2 is 1.88 bits per heavy atom. The predicted molar refractivity (Wildman–Crippen MR) is 52.3 cm³/mol. The van der Waals surface area contributed by atoms with E-state index < -0.39 is 23.4 Å².